The molecule has 4 fully saturated rings. The normalized spacial score (nSPS) is 24.4. The van der Waals surface area contributed by atoms with Gasteiger partial charge in [0.15, 0.2) is 0 Å². The van der Waals surface area contributed by atoms with E-state index in [9.17, 15) is 32.3 Å². The summed E-state index contributed by atoms with van der Waals surface area (Å²) in [5.41, 5.74) is 0.885. The van der Waals surface area contributed by atoms with Crippen molar-refractivity contribution < 1.29 is 37.1 Å². The molecule has 49 heavy (non-hydrogen) atoms. The number of alkyl carbamates (subject to hydrolysis) is 1. The molecule has 2 aromatic carbocycles. The third-order valence-corrected chi connectivity index (χ3v) is 10.4. The van der Waals surface area contributed by atoms with Crippen molar-refractivity contribution in [2.75, 3.05) is 13.1 Å². The summed E-state index contributed by atoms with van der Waals surface area (Å²) in [6.45, 7) is 1.04. The lowest BCUT2D eigenvalue weighted by Crippen LogP contribution is -2.60. The summed E-state index contributed by atoms with van der Waals surface area (Å²) in [6.07, 6.45) is 1.21. The molecule has 4 bridgehead atoms. The number of halogens is 3. The predicted molar refractivity (Wildman–Crippen MR) is 175 cm³/mol. The second-order valence-electron chi connectivity index (χ2n) is 14.0. The Kier molecular flexibility index (Phi) is 9.89. The van der Waals surface area contributed by atoms with Gasteiger partial charge in [-0.05, 0) is 79.9 Å². The van der Waals surface area contributed by atoms with Crippen LogP contribution in [0.15, 0.2) is 60.8 Å². The molecular weight excluding hydrogens is 639 g/mol. The highest BCUT2D eigenvalue weighted by Gasteiger charge is 2.50. The van der Waals surface area contributed by atoms with Crippen molar-refractivity contribution in [2.45, 2.75) is 75.7 Å². The van der Waals surface area contributed by atoms with E-state index in [1.807, 2.05) is 30.5 Å². The van der Waals surface area contributed by atoms with Crippen molar-refractivity contribution in [1.82, 2.24) is 26.3 Å². The Balaban J connectivity index is 1.15. The quantitative estimate of drug-likeness (QED) is 0.182. The van der Waals surface area contributed by atoms with Crippen LogP contribution in [0.5, 0.6) is 0 Å². The molecular formula is C36H42F3N5O5. The first kappa shape index (κ1) is 34.3. The van der Waals surface area contributed by atoms with Gasteiger partial charge in [-0.2, -0.15) is 13.2 Å². The Morgan fingerprint density at radius 3 is 2.20 bits per heavy atom. The molecule has 4 saturated carbocycles. The molecule has 0 unspecified atom stereocenters. The molecule has 10 nitrogen and oxygen atoms in total. The van der Waals surface area contributed by atoms with E-state index in [0.29, 0.717) is 29.2 Å². The van der Waals surface area contributed by atoms with Crippen LogP contribution in [0.25, 0.3) is 10.9 Å². The fraction of sp³-hybridized carbons (Fsp3) is 0.500. The van der Waals surface area contributed by atoms with Crippen LogP contribution < -0.4 is 21.3 Å². The fourth-order valence-corrected chi connectivity index (χ4v) is 8.27. The number of fused-ring (bicyclic) bond motifs is 1. The minimum atomic E-state index is -5.05. The van der Waals surface area contributed by atoms with Crippen LogP contribution in [0.1, 0.15) is 62.6 Å². The van der Waals surface area contributed by atoms with Gasteiger partial charge < -0.3 is 31.0 Å². The van der Waals surface area contributed by atoms with Gasteiger partial charge in [0.1, 0.15) is 11.6 Å². The van der Waals surface area contributed by atoms with Crippen LogP contribution in [0, 0.1) is 23.7 Å². The number of nitrogens with one attached hydrogen (secondary N) is 5. The summed E-state index contributed by atoms with van der Waals surface area (Å²) >= 11 is 0. The maximum absolute atomic E-state index is 14.1. The number of benzene rings is 2. The number of hydrogen-bond acceptors (Lipinski definition) is 5. The first-order chi connectivity index (χ1) is 23.4. The first-order valence-electron chi connectivity index (χ1n) is 16.9. The lowest BCUT2D eigenvalue weighted by Gasteiger charge is -2.53. The molecule has 0 aliphatic heterocycles. The van der Waals surface area contributed by atoms with E-state index in [0.717, 1.165) is 42.1 Å². The minimum Gasteiger partial charge on any atom is -0.446 e. The standard InChI is InChI=1S/C36H42F3N5O5/c1-35(18-26-19-41-28-10-6-5-9-27(26)28,44-34(48)49-31-24-14-21-13-22(16-24)17-25(31)15-21)32(46)42-20-29(23-7-3-2-4-8-23)43-30(45)11-12-40-33(47)36(37,38)39/h2-10,19,21-22,24-25,29,31,41H,11-18,20H2,1H3,(H,40,47)(H,42,46)(H,43,45)(H,44,48)/t21?,22?,24?,25?,29-,31?,35+/m0/s1. The lowest BCUT2D eigenvalue weighted by atomic mass is 9.55. The fourth-order valence-electron chi connectivity index (χ4n) is 8.27. The number of para-hydroxylation sites is 1. The Morgan fingerprint density at radius 1 is 0.878 bits per heavy atom. The van der Waals surface area contributed by atoms with Gasteiger partial charge in [-0.15, -0.1) is 0 Å². The maximum atomic E-state index is 14.1. The van der Waals surface area contributed by atoms with Crippen LogP contribution in [0.3, 0.4) is 0 Å². The second-order valence-corrected chi connectivity index (χ2v) is 14.0. The zero-order chi connectivity index (χ0) is 34.8. The highest BCUT2D eigenvalue weighted by atomic mass is 19.4. The molecule has 4 amide bonds. The number of ether oxygens (including phenoxy) is 1. The predicted octanol–water partition coefficient (Wildman–Crippen LogP) is 5.06. The summed E-state index contributed by atoms with van der Waals surface area (Å²) in [7, 11) is 0. The molecule has 0 radical (unpaired) electrons. The van der Waals surface area contributed by atoms with E-state index >= 15 is 0 Å². The number of hydrogen-bond donors (Lipinski definition) is 5. The van der Waals surface area contributed by atoms with Gasteiger partial charge in [0, 0.05) is 43.0 Å². The average molecular weight is 682 g/mol. The molecule has 7 rings (SSSR count). The van der Waals surface area contributed by atoms with Crippen molar-refractivity contribution in [3.05, 3.63) is 71.9 Å². The van der Waals surface area contributed by atoms with Crippen molar-refractivity contribution in [2.24, 2.45) is 23.7 Å². The van der Waals surface area contributed by atoms with E-state index < -0.39 is 54.5 Å². The van der Waals surface area contributed by atoms with Crippen molar-refractivity contribution in [3.63, 3.8) is 0 Å². The van der Waals surface area contributed by atoms with Crippen molar-refractivity contribution in [1.29, 1.82) is 0 Å². The third kappa shape index (κ3) is 8.02. The molecule has 13 heteroatoms. The Morgan fingerprint density at radius 2 is 1.53 bits per heavy atom. The summed E-state index contributed by atoms with van der Waals surface area (Å²) in [5, 5.41) is 11.1. The number of carbonyl (C=O) groups is 4. The molecule has 1 aromatic heterocycles. The SMILES string of the molecule is C[C@](Cc1c[nH]c2ccccc12)(NC(=O)OC1C2CC3CC(C2)CC1C3)C(=O)NC[C@H](NC(=O)CCNC(=O)C(F)(F)F)c1ccccc1. The maximum Gasteiger partial charge on any atom is 0.471 e. The monoisotopic (exact) mass is 681 g/mol. The highest BCUT2D eigenvalue weighted by Crippen LogP contribution is 2.54. The number of aromatic amines is 1. The van der Waals surface area contributed by atoms with Gasteiger partial charge in [0.2, 0.25) is 11.8 Å². The Bertz CT molecular complexity index is 1650. The zero-order valence-corrected chi connectivity index (χ0v) is 27.3. The van der Waals surface area contributed by atoms with Crippen LogP contribution >= 0.6 is 0 Å². The average Bonchev–Trinajstić information content (AvgIpc) is 3.46. The van der Waals surface area contributed by atoms with Crippen LogP contribution in [-0.4, -0.2) is 59.7 Å². The van der Waals surface area contributed by atoms with Crippen LogP contribution in [0.4, 0.5) is 18.0 Å². The van der Waals surface area contributed by atoms with Gasteiger partial charge in [0.05, 0.1) is 6.04 Å². The number of aromatic nitrogens is 1. The second kappa shape index (κ2) is 14.1. The minimum absolute atomic E-state index is 0.0841. The van der Waals surface area contributed by atoms with Gasteiger partial charge >= 0.3 is 18.2 Å². The summed E-state index contributed by atoms with van der Waals surface area (Å²) < 4.78 is 43.8. The third-order valence-electron chi connectivity index (χ3n) is 10.4. The molecule has 1 heterocycles. The topological polar surface area (TPSA) is 141 Å². The number of carbonyl (C=O) groups excluding carboxylic acids is 4. The molecule has 0 spiro atoms. The molecule has 4 aliphatic carbocycles. The number of alkyl halides is 3. The molecule has 2 atom stereocenters. The summed E-state index contributed by atoms with van der Waals surface area (Å²) in [5.74, 6) is -1.16. The van der Waals surface area contributed by atoms with E-state index in [-0.39, 0.29) is 19.1 Å². The molecule has 5 N–H and O–H groups in total. The molecule has 3 aromatic rings. The summed E-state index contributed by atoms with van der Waals surface area (Å²) in [6, 6.07) is 15.7. The lowest BCUT2D eigenvalue weighted by molar-refractivity contribution is -0.173. The van der Waals surface area contributed by atoms with Gasteiger partial charge in [-0.1, -0.05) is 48.5 Å². The zero-order valence-electron chi connectivity index (χ0n) is 27.3. The van der Waals surface area contributed by atoms with E-state index in [4.69, 9.17) is 4.74 Å². The molecule has 0 saturated heterocycles. The largest absolute Gasteiger partial charge is 0.471 e. The van der Waals surface area contributed by atoms with Gasteiger partial charge in [-0.3, -0.25) is 14.4 Å². The van der Waals surface area contributed by atoms with Crippen molar-refractivity contribution >= 4 is 34.7 Å². The van der Waals surface area contributed by atoms with Gasteiger partial charge in [0.25, 0.3) is 0 Å². The molecule has 262 valence electrons. The van der Waals surface area contributed by atoms with Crippen molar-refractivity contribution in [3.8, 4) is 0 Å². The first-order valence-corrected chi connectivity index (χ1v) is 16.9. The van der Waals surface area contributed by atoms with Crippen LogP contribution in [-0.2, 0) is 25.5 Å². The highest BCUT2D eigenvalue weighted by molar-refractivity contribution is 5.91. The Hall–Kier alpha value is -4.55. The number of H-pyrrole nitrogens is 1. The van der Waals surface area contributed by atoms with Crippen LogP contribution in [0.2, 0.25) is 0 Å². The number of rotatable bonds is 12. The van der Waals surface area contributed by atoms with E-state index in [1.54, 1.807) is 42.6 Å². The Labute approximate surface area is 282 Å². The van der Waals surface area contributed by atoms with E-state index in [1.165, 1.54) is 6.42 Å². The summed E-state index contributed by atoms with van der Waals surface area (Å²) in [4.78, 5) is 54.8. The molecule has 4 aliphatic rings. The smallest absolute Gasteiger partial charge is 0.446 e. The van der Waals surface area contributed by atoms with E-state index in [2.05, 4.69) is 20.9 Å². The van der Waals surface area contributed by atoms with Gasteiger partial charge in [-0.25, -0.2) is 4.79 Å². The number of amides is 4.